The van der Waals surface area contributed by atoms with Crippen molar-refractivity contribution in [3.63, 3.8) is 0 Å². The third-order valence-corrected chi connectivity index (χ3v) is 2.11. The Balaban J connectivity index is 0.000000162. The first-order valence-corrected chi connectivity index (χ1v) is 5.39. The van der Waals surface area contributed by atoms with E-state index in [0.717, 1.165) is 26.4 Å². The zero-order valence-electron chi connectivity index (χ0n) is 9.88. The van der Waals surface area contributed by atoms with E-state index in [4.69, 9.17) is 9.47 Å². The van der Waals surface area contributed by atoms with Gasteiger partial charge in [0.25, 0.3) is 0 Å². The zero-order chi connectivity index (χ0) is 11.1. The van der Waals surface area contributed by atoms with E-state index in [2.05, 4.69) is 39.0 Å². The number of ether oxygens (including phenoxy) is 2. The Bertz CT molecular complexity index is 229. The van der Waals surface area contributed by atoms with Crippen LogP contribution in [0.15, 0.2) is 18.2 Å². The Kier molecular flexibility index (Phi) is 5.37. The predicted octanol–water partition coefficient (Wildman–Crippen LogP) is 2.65. The second kappa shape index (κ2) is 6.59. The molecule has 1 aliphatic rings. The largest absolute Gasteiger partial charge is 0.377 e. The number of hydrogen-bond donors (Lipinski definition) is 0. The van der Waals surface area contributed by atoms with Crippen molar-refractivity contribution in [2.45, 2.75) is 20.8 Å². The summed E-state index contributed by atoms with van der Waals surface area (Å²) in [5.74, 6) is 0. The van der Waals surface area contributed by atoms with Crippen molar-refractivity contribution in [3.05, 3.63) is 34.9 Å². The van der Waals surface area contributed by atoms with Gasteiger partial charge in [0.1, 0.15) is 0 Å². The summed E-state index contributed by atoms with van der Waals surface area (Å²) < 4.78 is 9.89. The van der Waals surface area contributed by atoms with Gasteiger partial charge in [0.05, 0.1) is 26.4 Å². The summed E-state index contributed by atoms with van der Waals surface area (Å²) in [6.45, 7) is 9.49. The molecule has 1 aromatic carbocycles. The molecule has 0 spiro atoms. The molecule has 0 amide bonds. The molecule has 2 heteroatoms. The Morgan fingerprint density at radius 3 is 1.13 bits per heavy atom. The molecule has 0 aromatic heterocycles. The lowest BCUT2D eigenvalue weighted by Crippen LogP contribution is -2.16. The maximum absolute atomic E-state index is 4.94. The van der Waals surface area contributed by atoms with Gasteiger partial charge < -0.3 is 9.47 Å². The van der Waals surface area contributed by atoms with Gasteiger partial charge in [0.2, 0.25) is 0 Å². The summed E-state index contributed by atoms with van der Waals surface area (Å²) in [5, 5.41) is 0. The van der Waals surface area contributed by atoms with Crippen LogP contribution < -0.4 is 0 Å². The van der Waals surface area contributed by atoms with Gasteiger partial charge in [-0.05, 0) is 20.8 Å². The molecule has 15 heavy (non-hydrogen) atoms. The molecule has 1 aliphatic heterocycles. The van der Waals surface area contributed by atoms with Gasteiger partial charge in [-0.2, -0.15) is 0 Å². The van der Waals surface area contributed by atoms with Crippen LogP contribution in [0.1, 0.15) is 16.7 Å². The number of hydrogen-bond acceptors (Lipinski definition) is 2. The fraction of sp³-hybridized carbons (Fsp3) is 0.538. The van der Waals surface area contributed by atoms with Crippen molar-refractivity contribution in [2.24, 2.45) is 0 Å². The van der Waals surface area contributed by atoms with Gasteiger partial charge in [0.15, 0.2) is 0 Å². The van der Waals surface area contributed by atoms with Gasteiger partial charge in [-0.1, -0.05) is 34.9 Å². The SMILES string of the molecule is C1COCCO1.Cc1cc(C)cc(C)c1. The highest BCUT2D eigenvalue weighted by Gasteiger charge is 1.94. The third-order valence-electron chi connectivity index (χ3n) is 2.11. The van der Waals surface area contributed by atoms with Crippen LogP contribution in [-0.2, 0) is 9.47 Å². The molecule has 1 fully saturated rings. The van der Waals surface area contributed by atoms with Crippen LogP contribution in [0, 0.1) is 20.8 Å². The molecular weight excluding hydrogens is 188 g/mol. The van der Waals surface area contributed by atoms with Crippen molar-refractivity contribution in [1.82, 2.24) is 0 Å². The van der Waals surface area contributed by atoms with Crippen LogP contribution in [-0.4, -0.2) is 26.4 Å². The highest BCUT2D eigenvalue weighted by Crippen LogP contribution is 2.06. The van der Waals surface area contributed by atoms with E-state index in [1.54, 1.807) is 0 Å². The maximum Gasteiger partial charge on any atom is 0.0701 e. The Morgan fingerprint density at radius 1 is 0.667 bits per heavy atom. The second-order valence-corrected chi connectivity index (χ2v) is 3.89. The van der Waals surface area contributed by atoms with Crippen LogP contribution >= 0.6 is 0 Å². The molecule has 0 unspecified atom stereocenters. The van der Waals surface area contributed by atoms with Crippen LogP contribution in [0.3, 0.4) is 0 Å². The molecular formula is C13H20O2. The summed E-state index contributed by atoms with van der Waals surface area (Å²) in [4.78, 5) is 0. The first kappa shape index (κ1) is 12.2. The van der Waals surface area contributed by atoms with Gasteiger partial charge >= 0.3 is 0 Å². The fourth-order valence-electron chi connectivity index (χ4n) is 1.64. The van der Waals surface area contributed by atoms with Gasteiger partial charge in [-0.3, -0.25) is 0 Å². The smallest absolute Gasteiger partial charge is 0.0701 e. The lowest BCUT2D eigenvalue weighted by molar-refractivity contribution is -0.0334. The van der Waals surface area contributed by atoms with E-state index in [9.17, 15) is 0 Å². The quantitative estimate of drug-likeness (QED) is 0.652. The van der Waals surface area contributed by atoms with E-state index in [1.807, 2.05) is 0 Å². The topological polar surface area (TPSA) is 18.5 Å². The minimum Gasteiger partial charge on any atom is -0.377 e. The second-order valence-electron chi connectivity index (χ2n) is 3.89. The first-order valence-electron chi connectivity index (χ1n) is 5.39. The van der Waals surface area contributed by atoms with Crippen molar-refractivity contribution in [2.75, 3.05) is 26.4 Å². The lowest BCUT2D eigenvalue weighted by Gasteiger charge is -2.09. The van der Waals surface area contributed by atoms with E-state index in [-0.39, 0.29) is 0 Å². The molecule has 0 bridgehead atoms. The number of rotatable bonds is 0. The highest BCUT2D eigenvalue weighted by molar-refractivity contribution is 5.27. The summed E-state index contributed by atoms with van der Waals surface area (Å²) in [5.41, 5.74) is 4.06. The van der Waals surface area contributed by atoms with Crippen LogP contribution in [0.2, 0.25) is 0 Å². The van der Waals surface area contributed by atoms with E-state index in [0.29, 0.717) is 0 Å². The minimum absolute atomic E-state index is 0.778. The predicted molar refractivity (Wildman–Crippen MR) is 62.3 cm³/mol. The van der Waals surface area contributed by atoms with Crippen molar-refractivity contribution in [1.29, 1.82) is 0 Å². The lowest BCUT2D eigenvalue weighted by atomic mass is 10.1. The van der Waals surface area contributed by atoms with Crippen LogP contribution in [0.5, 0.6) is 0 Å². The van der Waals surface area contributed by atoms with Crippen LogP contribution in [0.25, 0.3) is 0 Å². The third kappa shape index (κ3) is 5.55. The molecule has 0 N–H and O–H groups in total. The molecule has 1 saturated heterocycles. The molecule has 1 aromatic rings. The first-order chi connectivity index (χ1) is 7.18. The average Bonchev–Trinajstić information content (AvgIpc) is 2.19. The standard InChI is InChI=1S/C9H12.C4H8O2/c1-7-4-8(2)6-9(3)5-7;1-2-6-4-3-5-1/h4-6H,1-3H3;1-4H2. The van der Waals surface area contributed by atoms with Gasteiger partial charge in [-0.15, -0.1) is 0 Å². The number of benzene rings is 1. The Labute approximate surface area is 92.2 Å². The van der Waals surface area contributed by atoms with E-state index < -0.39 is 0 Å². The van der Waals surface area contributed by atoms with Crippen molar-refractivity contribution in [3.8, 4) is 0 Å². The molecule has 84 valence electrons. The molecule has 0 atom stereocenters. The van der Waals surface area contributed by atoms with Gasteiger partial charge in [0, 0.05) is 0 Å². The maximum atomic E-state index is 4.94. The molecule has 0 saturated carbocycles. The summed E-state index contributed by atoms with van der Waals surface area (Å²) in [6, 6.07) is 6.56. The fourth-order valence-corrected chi connectivity index (χ4v) is 1.64. The summed E-state index contributed by atoms with van der Waals surface area (Å²) in [7, 11) is 0. The summed E-state index contributed by atoms with van der Waals surface area (Å²) >= 11 is 0. The summed E-state index contributed by atoms with van der Waals surface area (Å²) in [6.07, 6.45) is 0. The molecule has 1 heterocycles. The molecule has 2 nitrogen and oxygen atoms in total. The zero-order valence-corrected chi connectivity index (χ0v) is 9.88. The normalized spacial score (nSPS) is 15.4. The van der Waals surface area contributed by atoms with Crippen LogP contribution in [0.4, 0.5) is 0 Å². The highest BCUT2D eigenvalue weighted by atomic mass is 16.6. The Morgan fingerprint density at radius 2 is 0.933 bits per heavy atom. The monoisotopic (exact) mass is 208 g/mol. The molecule has 0 aliphatic carbocycles. The number of aryl methyl sites for hydroxylation is 3. The molecule has 2 rings (SSSR count). The Hall–Kier alpha value is -0.860. The minimum atomic E-state index is 0.778. The van der Waals surface area contributed by atoms with Crippen molar-refractivity contribution < 1.29 is 9.47 Å². The van der Waals surface area contributed by atoms with Crippen molar-refractivity contribution >= 4 is 0 Å². The van der Waals surface area contributed by atoms with Gasteiger partial charge in [-0.25, -0.2) is 0 Å². The van der Waals surface area contributed by atoms with E-state index in [1.165, 1.54) is 16.7 Å². The van der Waals surface area contributed by atoms with E-state index >= 15 is 0 Å². The molecule has 0 radical (unpaired) electrons. The average molecular weight is 208 g/mol.